The van der Waals surface area contributed by atoms with Gasteiger partial charge in [-0.1, -0.05) is 35.5 Å². The largest absolute Gasteiger partial charge is 0.421 e. The van der Waals surface area contributed by atoms with Crippen LogP contribution in [-0.2, 0) is 12.0 Å². The molecular formula is C15H11F3N2O2S. The first-order valence-corrected chi connectivity index (χ1v) is 7.54. The van der Waals surface area contributed by atoms with E-state index in [1.165, 1.54) is 35.6 Å². The molecule has 0 aliphatic carbocycles. The van der Waals surface area contributed by atoms with E-state index >= 15 is 0 Å². The van der Waals surface area contributed by atoms with Crippen molar-refractivity contribution in [2.75, 3.05) is 0 Å². The SMILES string of the molecule is O[C@@](Cc1nc(-c2ccsc2)no1)(c1ccccc1)C(F)(F)F. The van der Waals surface area contributed by atoms with E-state index in [1.54, 1.807) is 22.9 Å². The van der Waals surface area contributed by atoms with Gasteiger partial charge in [0.1, 0.15) is 0 Å². The van der Waals surface area contributed by atoms with Crippen molar-refractivity contribution in [2.45, 2.75) is 18.2 Å². The van der Waals surface area contributed by atoms with E-state index in [9.17, 15) is 18.3 Å². The summed E-state index contributed by atoms with van der Waals surface area (Å²) in [5.41, 5.74) is -2.71. The molecule has 1 atom stereocenters. The minimum Gasteiger partial charge on any atom is -0.376 e. The van der Waals surface area contributed by atoms with Gasteiger partial charge in [0.25, 0.3) is 0 Å². The lowest BCUT2D eigenvalue weighted by Crippen LogP contribution is -2.44. The zero-order valence-corrected chi connectivity index (χ0v) is 12.4. The van der Waals surface area contributed by atoms with Crippen molar-refractivity contribution in [1.82, 2.24) is 10.1 Å². The molecule has 3 aromatic rings. The van der Waals surface area contributed by atoms with Crippen molar-refractivity contribution in [3.63, 3.8) is 0 Å². The van der Waals surface area contributed by atoms with Crippen LogP contribution in [0.25, 0.3) is 11.4 Å². The van der Waals surface area contributed by atoms with Crippen LogP contribution in [0.3, 0.4) is 0 Å². The maximum absolute atomic E-state index is 13.4. The van der Waals surface area contributed by atoms with E-state index in [2.05, 4.69) is 10.1 Å². The highest BCUT2D eigenvalue weighted by Crippen LogP contribution is 2.41. The molecule has 0 saturated carbocycles. The number of nitrogens with zero attached hydrogens (tertiary/aromatic N) is 2. The summed E-state index contributed by atoms with van der Waals surface area (Å²) < 4.78 is 45.1. The fourth-order valence-electron chi connectivity index (χ4n) is 2.13. The highest BCUT2D eigenvalue weighted by molar-refractivity contribution is 7.08. The third kappa shape index (κ3) is 2.99. The van der Waals surface area contributed by atoms with Gasteiger partial charge in [-0.15, -0.1) is 0 Å². The molecule has 4 nitrogen and oxygen atoms in total. The van der Waals surface area contributed by atoms with Crippen LogP contribution in [0.15, 0.2) is 51.7 Å². The molecule has 0 bridgehead atoms. The van der Waals surface area contributed by atoms with Crippen molar-refractivity contribution >= 4 is 11.3 Å². The van der Waals surface area contributed by atoms with Gasteiger partial charge in [-0.05, 0) is 17.0 Å². The minimum atomic E-state index is -4.88. The predicted molar refractivity (Wildman–Crippen MR) is 77.7 cm³/mol. The molecule has 2 heterocycles. The zero-order valence-electron chi connectivity index (χ0n) is 11.6. The highest BCUT2D eigenvalue weighted by Gasteiger charge is 2.55. The van der Waals surface area contributed by atoms with Gasteiger partial charge in [-0.3, -0.25) is 0 Å². The molecule has 8 heteroatoms. The topological polar surface area (TPSA) is 59.2 Å². The van der Waals surface area contributed by atoms with Gasteiger partial charge in [0.05, 0.1) is 6.42 Å². The molecule has 0 unspecified atom stereocenters. The fourth-order valence-corrected chi connectivity index (χ4v) is 2.77. The first-order valence-electron chi connectivity index (χ1n) is 6.60. The van der Waals surface area contributed by atoms with E-state index in [1.807, 2.05) is 0 Å². The molecule has 0 amide bonds. The second-order valence-corrected chi connectivity index (χ2v) is 5.70. The first-order chi connectivity index (χ1) is 10.9. The summed E-state index contributed by atoms with van der Waals surface area (Å²) in [6.45, 7) is 0. The summed E-state index contributed by atoms with van der Waals surface area (Å²) in [6, 6.07) is 8.58. The third-order valence-corrected chi connectivity index (χ3v) is 4.06. The number of rotatable bonds is 4. The predicted octanol–water partition coefficient (Wildman–Crippen LogP) is 3.79. The van der Waals surface area contributed by atoms with Crippen molar-refractivity contribution in [1.29, 1.82) is 0 Å². The van der Waals surface area contributed by atoms with Crippen molar-refractivity contribution in [3.05, 3.63) is 58.6 Å². The molecule has 23 heavy (non-hydrogen) atoms. The smallest absolute Gasteiger partial charge is 0.376 e. The number of aliphatic hydroxyl groups is 1. The number of halogens is 3. The van der Waals surface area contributed by atoms with Crippen LogP contribution in [0.5, 0.6) is 0 Å². The molecule has 0 spiro atoms. The van der Waals surface area contributed by atoms with E-state index < -0.39 is 18.2 Å². The third-order valence-electron chi connectivity index (χ3n) is 3.37. The Balaban J connectivity index is 1.94. The standard InChI is InChI=1S/C15H11F3N2O2S/c16-15(17,18)14(21,11-4-2-1-3-5-11)8-12-19-13(20-22-12)10-6-7-23-9-10/h1-7,9,21H,8H2/t14-/m0/s1. The van der Waals surface area contributed by atoms with Gasteiger partial charge in [0.2, 0.25) is 11.7 Å². The minimum absolute atomic E-state index is 0.193. The van der Waals surface area contributed by atoms with Gasteiger partial charge in [-0.2, -0.15) is 29.5 Å². The van der Waals surface area contributed by atoms with E-state index in [0.717, 1.165) is 0 Å². The Bertz CT molecular complexity index is 772. The van der Waals surface area contributed by atoms with E-state index in [-0.39, 0.29) is 17.3 Å². The Labute approximate surface area is 133 Å². The highest BCUT2D eigenvalue weighted by atomic mass is 32.1. The number of benzene rings is 1. The molecule has 0 aliphatic heterocycles. The van der Waals surface area contributed by atoms with Gasteiger partial charge in [-0.25, -0.2) is 0 Å². The number of hydrogen-bond donors (Lipinski definition) is 1. The summed E-state index contributed by atoms with van der Waals surface area (Å²) in [7, 11) is 0. The lowest BCUT2D eigenvalue weighted by Gasteiger charge is -2.29. The van der Waals surface area contributed by atoms with Crippen LogP contribution in [0.2, 0.25) is 0 Å². The lowest BCUT2D eigenvalue weighted by molar-refractivity contribution is -0.267. The summed E-state index contributed by atoms with van der Waals surface area (Å²) >= 11 is 1.41. The van der Waals surface area contributed by atoms with Gasteiger partial charge in [0, 0.05) is 10.9 Å². The average Bonchev–Trinajstić information content (AvgIpc) is 3.17. The van der Waals surface area contributed by atoms with Crippen molar-refractivity contribution in [3.8, 4) is 11.4 Å². The van der Waals surface area contributed by atoms with Crippen LogP contribution in [0.1, 0.15) is 11.5 Å². The Morgan fingerprint density at radius 2 is 1.87 bits per heavy atom. The first kappa shape index (κ1) is 15.7. The normalized spacial score (nSPS) is 14.6. The van der Waals surface area contributed by atoms with Gasteiger partial charge in [0.15, 0.2) is 5.60 Å². The van der Waals surface area contributed by atoms with Gasteiger partial charge >= 0.3 is 6.18 Å². The van der Waals surface area contributed by atoms with Crippen LogP contribution in [0, 0.1) is 0 Å². The van der Waals surface area contributed by atoms with Crippen LogP contribution >= 0.6 is 11.3 Å². The fraction of sp³-hybridized carbons (Fsp3) is 0.200. The molecular weight excluding hydrogens is 329 g/mol. The molecule has 0 fully saturated rings. The second-order valence-electron chi connectivity index (χ2n) is 4.92. The molecule has 0 aliphatic rings. The molecule has 1 aromatic carbocycles. The molecule has 120 valence electrons. The zero-order chi connectivity index (χ0) is 16.5. The lowest BCUT2D eigenvalue weighted by atomic mass is 9.89. The quantitative estimate of drug-likeness (QED) is 0.785. The maximum Gasteiger partial charge on any atom is 0.421 e. The number of alkyl halides is 3. The number of thiophene rings is 1. The van der Waals surface area contributed by atoms with Crippen LogP contribution < -0.4 is 0 Å². The Morgan fingerprint density at radius 3 is 2.48 bits per heavy atom. The Hall–Kier alpha value is -2.19. The molecule has 0 saturated heterocycles. The monoisotopic (exact) mass is 340 g/mol. The second kappa shape index (κ2) is 5.78. The van der Waals surface area contributed by atoms with Crippen molar-refractivity contribution < 1.29 is 22.8 Å². The Morgan fingerprint density at radius 1 is 1.13 bits per heavy atom. The van der Waals surface area contributed by atoms with Gasteiger partial charge < -0.3 is 9.63 Å². The maximum atomic E-state index is 13.4. The van der Waals surface area contributed by atoms with Crippen molar-refractivity contribution in [2.24, 2.45) is 0 Å². The molecule has 3 rings (SSSR count). The summed E-state index contributed by atoms with van der Waals surface area (Å²) in [4.78, 5) is 3.95. The van der Waals surface area contributed by atoms with Crippen LogP contribution in [0.4, 0.5) is 13.2 Å². The van der Waals surface area contributed by atoms with Crippen LogP contribution in [-0.4, -0.2) is 21.4 Å². The number of aromatic nitrogens is 2. The molecule has 2 aromatic heterocycles. The summed E-state index contributed by atoms with van der Waals surface area (Å²) in [6.07, 6.45) is -5.73. The summed E-state index contributed by atoms with van der Waals surface area (Å²) in [5, 5.41) is 17.5. The van der Waals surface area contributed by atoms with E-state index in [0.29, 0.717) is 5.56 Å². The molecule has 1 N–H and O–H groups in total. The number of hydrogen-bond acceptors (Lipinski definition) is 5. The molecule has 0 radical (unpaired) electrons. The average molecular weight is 340 g/mol. The van der Waals surface area contributed by atoms with E-state index in [4.69, 9.17) is 4.52 Å². The Kier molecular flexibility index (Phi) is 3.95. The summed E-state index contributed by atoms with van der Waals surface area (Å²) in [5.74, 6) is -0.0892.